The highest BCUT2D eigenvalue weighted by atomic mass is 31.2. The van der Waals surface area contributed by atoms with Crippen LogP contribution in [-0.4, -0.2) is 24.1 Å². The number of rotatable bonds is 7. The summed E-state index contributed by atoms with van der Waals surface area (Å²) in [5.74, 6) is -0.321. The van der Waals surface area contributed by atoms with Gasteiger partial charge in [-0.25, -0.2) is 9.36 Å². The van der Waals surface area contributed by atoms with Crippen LogP contribution in [0.25, 0.3) is 11.1 Å². The number of carbonyl (C=O) groups is 1. The van der Waals surface area contributed by atoms with Gasteiger partial charge in [0.05, 0.1) is 6.61 Å². The highest BCUT2D eigenvalue weighted by Crippen LogP contribution is 2.48. The quantitative estimate of drug-likeness (QED) is 0.301. The highest BCUT2D eigenvalue weighted by molar-refractivity contribution is 7.47. The number of phosphoric acid groups is 1. The van der Waals surface area contributed by atoms with Crippen LogP contribution < -0.4 is 4.52 Å². The molecule has 1 unspecified atom stereocenters. The Morgan fingerprint density at radius 2 is 1.92 bits per heavy atom. The lowest BCUT2D eigenvalue weighted by Crippen LogP contribution is -2.09. The zero-order valence-electron chi connectivity index (χ0n) is 13.4. The van der Waals surface area contributed by atoms with Crippen LogP contribution in [0.3, 0.4) is 0 Å². The first-order valence-corrected chi connectivity index (χ1v) is 9.16. The van der Waals surface area contributed by atoms with Crippen LogP contribution in [-0.2, 0) is 25.0 Å². The van der Waals surface area contributed by atoms with E-state index in [4.69, 9.17) is 9.05 Å². The highest BCUT2D eigenvalue weighted by Gasteiger charge is 2.28. The normalized spacial score (nSPS) is 14.1. The van der Waals surface area contributed by atoms with Gasteiger partial charge in [0.1, 0.15) is 12.4 Å². The minimum atomic E-state index is -4.33. The summed E-state index contributed by atoms with van der Waals surface area (Å²) in [6.45, 7) is 2.82. The number of carbonyl (C=O) groups excluding carboxylic acids is 1. The van der Waals surface area contributed by atoms with E-state index >= 15 is 0 Å². The van der Waals surface area contributed by atoms with Gasteiger partial charge in [-0.3, -0.25) is 9.42 Å². The lowest BCUT2D eigenvalue weighted by molar-refractivity contribution is -0.138. The molecule has 0 saturated carbocycles. The molecular weight excluding hydrogens is 343 g/mol. The van der Waals surface area contributed by atoms with Crippen molar-refractivity contribution in [2.24, 2.45) is 0 Å². The first-order valence-electron chi connectivity index (χ1n) is 7.66. The minimum absolute atomic E-state index is 0.170. The summed E-state index contributed by atoms with van der Waals surface area (Å²) >= 11 is 0. The number of hydrogen-bond donors (Lipinski definition) is 1. The molecular formula is C18H17O6P. The Morgan fingerprint density at radius 3 is 2.72 bits per heavy atom. The van der Waals surface area contributed by atoms with Gasteiger partial charge >= 0.3 is 13.8 Å². The van der Waals surface area contributed by atoms with E-state index in [0.29, 0.717) is 12.2 Å². The van der Waals surface area contributed by atoms with Gasteiger partial charge in [-0.1, -0.05) is 43.0 Å². The second-order valence-electron chi connectivity index (χ2n) is 5.38. The summed E-state index contributed by atoms with van der Waals surface area (Å²) in [6, 6.07) is 13.3. The molecule has 0 heterocycles. The van der Waals surface area contributed by atoms with Gasteiger partial charge < -0.3 is 9.26 Å². The minimum Gasteiger partial charge on any atom is -0.460 e. The fourth-order valence-electron chi connectivity index (χ4n) is 2.72. The van der Waals surface area contributed by atoms with Crippen molar-refractivity contribution in [2.45, 2.75) is 6.42 Å². The fourth-order valence-corrected chi connectivity index (χ4v) is 3.50. The molecule has 0 amide bonds. The van der Waals surface area contributed by atoms with Crippen LogP contribution >= 0.6 is 7.82 Å². The van der Waals surface area contributed by atoms with Gasteiger partial charge in [-0.2, -0.15) is 0 Å². The summed E-state index contributed by atoms with van der Waals surface area (Å²) in [4.78, 5) is 20.8. The molecule has 1 atom stereocenters. The van der Waals surface area contributed by atoms with Crippen molar-refractivity contribution in [3.05, 3.63) is 66.2 Å². The van der Waals surface area contributed by atoms with Crippen LogP contribution in [0.5, 0.6) is 5.75 Å². The fraction of sp³-hybridized carbons (Fsp3) is 0.167. The summed E-state index contributed by atoms with van der Waals surface area (Å²) in [5.41, 5.74) is 4.05. The molecule has 3 rings (SSSR count). The Labute approximate surface area is 145 Å². The second kappa shape index (κ2) is 7.23. The molecule has 0 radical (unpaired) electrons. The molecule has 25 heavy (non-hydrogen) atoms. The average Bonchev–Trinajstić information content (AvgIpc) is 2.98. The molecule has 0 saturated heterocycles. The number of fused-ring (bicyclic) bond motifs is 3. The zero-order chi connectivity index (χ0) is 17.9. The molecule has 0 fully saturated rings. The standard InChI is InChI=1S/C18H17O6P/c1-2-18(19)22-10-11-23-25(20,21)24-17-9-5-8-15-14-7-4-3-6-13(14)12-16(15)17/h2-9H,1,10-12H2,(H,20,21). The van der Waals surface area contributed by atoms with Crippen LogP contribution in [0.1, 0.15) is 11.1 Å². The molecule has 1 aliphatic rings. The van der Waals surface area contributed by atoms with Crippen molar-refractivity contribution in [1.29, 1.82) is 0 Å². The first-order chi connectivity index (χ1) is 12.0. The maximum atomic E-state index is 12.1. The van der Waals surface area contributed by atoms with E-state index < -0.39 is 13.8 Å². The third-order valence-corrected chi connectivity index (χ3v) is 4.71. The van der Waals surface area contributed by atoms with E-state index in [1.807, 2.05) is 30.3 Å². The van der Waals surface area contributed by atoms with Crippen molar-refractivity contribution in [1.82, 2.24) is 0 Å². The monoisotopic (exact) mass is 360 g/mol. The molecule has 0 aromatic heterocycles. The number of benzene rings is 2. The van der Waals surface area contributed by atoms with Gasteiger partial charge in [-0.15, -0.1) is 0 Å². The van der Waals surface area contributed by atoms with Gasteiger partial charge in [0.2, 0.25) is 0 Å². The van der Waals surface area contributed by atoms with Gasteiger partial charge in [0.15, 0.2) is 0 Å². The van der Waals surface area contributed by atoms with E-state index in [2.05, 4.69) is 11.3 Å². The Balaban J connectivity index is 1.69. The van der Waals surface area contributed by atoms with Crippen molar-refractivity contribution in [2.75, 3.05) is 13.2 Å². The van der Waals surface area contributed by atoms with Crippen LogP contribution in [0, 0.1) is 0 Å². The molecule has 2 aromatic rings. The van der Waals surface area contributed by atoms with Crippen molar-refractivity contribution in [3.8, 4) is 16.9 Å². The number of esters is 1. The number of hydrogen-bond acceptors (Lipinski definition) is 5. The van der Waals surface area contributed by atoms with Crippen LogP contribution in [0.15, 0.2) is 55.1 Å². The zero-order valence-corrected chi connectivity index (χ0v) is 14.3. The lowest BCUT2D eigenvalue weighted by Gasteiger charge is -2.15. The molecule has 130 valence electrons. The summed E-state index contributed by atoms with van der Waals surface area (Å²) in [6.07, 6.45) is 1.62. The topological polar surface area (TPSA) is 82.1 Å². The molecule has 1 N–H and O–H groups in total. The summed E-state index contributed by atoms with van der Waals surface area (Å²) in [5, 5.41) is 0. The third-order valence-electron chi connectivity index (χ3n) is 3.77. The lowest BCUT2D eigenvalue weighted by atomic mass is 10.1. The van der Waals surface area contributed by atoms with Crippen LogP contribution in [0.2, 0.25) is 0 Å². The van der Waals surface area contributed by atoms with E-state index in [0.717, 1.165) is 28.3 Å². The van der Waals surface area contributed by atoms with E-state index in [1.54, 1.807) is 12.1 Å². The third kappa shape index (κ3) is 3.99. The Kier molecular flexibility index (Phi) is 5.04. The first kappa shape index (κ1) is 17.4. The van der Waals surface area contributed by atoms with Gasteiger partial charge in [0.25, 0.3) is 0 Å². The Hall–Kier alpha value is -2.40. The van der Waals surface area contributed by atoms with Gasteiger partial charge in [0, 0.05) is 18.1 Å². The smallest absolute Gasteiger partial charge is 0.460 e. The molecule has 2 aromatic carbocycles. The maximum Gasteiger partial charge on any atom is 0.527 e. The van der Waals surface area contributed by atoms with E-state index in [9.17, 15) is 14.3 Å². The van der Waals surface area contributed by atoms with E-state index in [1.165, 1.54) is 0 Å². The number of ether oxygens (including phenoxy) is 1. The van der Waals surface area contributed by atoms with Crippen molar-refractivity contribution < 1.29 is 28.0 Å². The van der Waals surface area contributed by atoms with E-state index in [-0.39, 0.29) is 13.2 Å². The Bertz CT molecular complexity index is 860. The average molecular weight is 360 g/mol. The predicted molar refractivity (Wildman–Crippen MR) is 92.2 cm³/mol. The molecule has 0 aliphatic heterocycles. The molecule has 6 nitrogen and oxygen atoms in total. The van der Waals surface area contributed by atoms with Gasteiger partial charge in [-0.05, 0) is 22.8 Å². The Morgan fingerprint density at radius 1 is 1.16 bits per heavy atom. The second-order valence-corrected chi connectivity index (χ2v) is 6.76. The maximum absolute atomic E-state index is 12.1. The summed E-state index contributed by atoms with van der Waals surface area (Å²) in [7, 11) is -4.33. The SMILES string of the molecule is C=CC(=O)OCCOP(=O)(O)Oc1cccc2c1Cc1ccccc1-2. The van der Waals surface area contributed by atoms with Crippen molar-refractivity contribution >= 4 is 13.8 Å². The number of phosphoric ester groups is 1. The summed E-state index contributed by atoms with van der Waals surface area (Å²) < 4.78 is 26.9. The van der Waals surface area contributed by atoms with Crippen molar-refractivity contribution in [3.63, 3.8) is 0 Å². The predicted octanol–water partition coefficient (Wildman–Crippen LogP) is 3.48. The van der Waals surface area contributed by atoms with Crippen LogP contribution in [0.4, 0.5) is 0 Å². The molecule has 1 aliphatic carbocycles. The largest absolute Gasteiger partial charge is 0.527 e. The molecule has 7 heteroatoms. The molecule has 0 spiro atoms. The molecule has 0 bridgehead atoms.